The molecular formula is C20H30Cl2N4O3S. The van der Waals surface area contributed by atoms with Crippen LogP contribution in [0.2, 0.25) is 0 Å². The van der Waals surface area contributed by atoms with Crippen LogP contribution < -0.4 is 11.1 Å². The summed E-state index contributed by atoms with van der Waals surface area (Å²) in [5, 5.41) is 4.84. The summed E-state index contributed by atoms with van der Waals surface area (Å²) < 4.78 is 10.8. The van der Waals surface area contributed by atoms with Crippen LogP contribution in [0.4, 0.5) is 0 Å². The molecule has 7 nitrogen and oxygen atoms in total. The highest BCUT2D eigenvalue weighted by molar-refractivity contribution is 8.03. The van der Waals surface area contributed by atoms with Gasteiger partial charge in [0.25, 0.3) is 0 Å². The number of halogens is 2. The fourth-order valence-corrected chi connectivity index (χ4v) is 4.23. The number of amides is 1. The molecule has 2 unspecified atom stereocenters. The molecular weight excluding hydrogens is 447 g/mol. The van der Waals surface area contributed by atoms with Gasteiger partial charge >= 0.3 is 0 Å². The van der Waals surface area contributed by atoms with E-state index in [1.54, 1.807) is 7.11 Å². The summed E-state index contributed by atoms with van der Waals surface area (Å²) in [4.78, 5) is 18.4. The first kappa shape index (κ1) is 25.4. The molecule has 1 heterocycles. The Morgan fingerprint density at radius 2 is 2.37 bits per heavy atom. The van der Waals surface area contributed by atoms with Crippen molar-refractivity contribution in [3.63, 3.8) is 0 Å². The molecule has 3 N–H and O–H groups in total. The van der Waals surface area contributed by atoms with Crippen molar-refractivity contribution in [3.8, 4) is 0 Å². The maximum absolute atomic E-state index is 12.2. The first-order valence-corrected chi connectivity index (χ1v) is 11.6. The van der Waals surface area contributed by atoms with E-state index in [0.29, 0.717) is 40.6 Å². The molecule has 1 fully saturated rings. The number of ether oxygens (including phenoxy) is 2. The Bertz CT molecular complexity index is 687. The van der Waals surface area contributed by atoms with Crippen LogP contribution in [0.25, 0.3) is 0 Å². The molecule has 0 spiro atoms. The average Bonchev–Trinajstić information content (AvgIpc) is 2.75. The molecule has 0 saturated carbocycles. The number of hydrogen-bond donors (Lipinski definition) is 2. The van der Waals surface area contributed by atoms with Crippen LogP contribution in [-0.2, 0) is 14.3 Å². The predicted octanol–water partition coefficient (Wildman–Crippen LogP) is 2.67. The van der Waals surface area contributed by atoms with Crippen molar-refractivity contribution in [1.82, 2.24) is 10.2 Å². The minimum atomic E-state index is -0.393. The number of morpholine rings is 1. The van der Waals surface area contributed by atoms with E-state index in [9.17, 15) is 4.79 Å². The first-order chi connectivity index (χ1) is 14.4. The summed E-state index contributed by atoms with van der Waals surface area (Å²) in [5.74, 6) is 0.516. The number of aliphatic imine (C=N–C) groups is 1. The predicted molar refractivity (Wildman–Crippen MR) is 125 cm³/mol. The van der Waals surface area contributed by atoms with Gasteiger partial charge in [-0.3, -0.25) is 14.7 Å². The zero-order valence-corrected chi connectivity index (χ0v) is 19.5. The normalized spacial score (nSPS) is 24.1. The molecule has 1 saturated heterocycles. The minimum Gasteiger partial charge on any atom is -0.374 e. The molecule has 0 bridgehead atoms. The van der Waals surface area contributed by atoms with Crippen LogP contribution in [0, 0.1) is 5.92 Å². The topological polar surface area (TPSA) is 89.2 Å². The Morgan fingerprint density at radius 1 is 1.57 bits per heavy atom. The summed E-state index contributed by atoms with van der Waals surface area (Å²) in [7, 11) is 1.54. The molecule has 0 radical (unpaired) electrons. The molecule has 1 amide bonds. The van der Waals surface area contributed by atoms with E-state index in [0.717, 1.165) is 26.1 Å². The lowest BCUT2D eigenvalue weighted by Crippen LogP contribution is -2.48. The fourth-order valence-electron chi connectivity index (χ4n) is 3.14. The van der Waals surface area contributed by atoms with E-state index in [1.807, 2.05) is 18.2 Å². The van der Waals surface area contributed by atoms with Crippen molar-refractivity contribution in [2.75, 3.05) is 45.6 Å². The van der Waals surface area contributed by atoms with E-state index >= 15 is 0 Å². The van der Waals surface area contributed by atoms with Gasteiger partial charge < -0.3 is 20.5 Å². The molecule has 10 heteroatoms. The van der Waals surface area contributed by atoms with E-state index in [1.165, 1.54) is 11.8 Å². The highest BCUT2D eigenvalue weighted by atomic mass is 35.5. The van der Waals surface area contributed by atoms with Gasteiger partial charge in [-0.2, -0.15) is 0 Å². The Labute approximate surface area is 192 Å². The lowest BCUT2D eigenvalue weighted by Gasteiger charge is -2.35. The second-order valence-corrected chi connectivity index (χ2v) is 8.93. The van der Waals surface area contributed by atoms with Crippen LogP contribution in [0.15, 0.2) is 38.3 Å². The number of rotatable bonds is 11. The molecule has 2 aliphatic rings. The Morgan fingerprint density at radius 3 is 3.07 bits per heavy atom. The van der Waals surface area contributed by atoms with E-state index in [4.69, 9.17) is 38.4 Å². The van der Waals surface area contributed by atoms with Crippen molar-refractivity contribution < 1.29 is 14.3 Å². The van der Waals surface area contributed by atoms with E-state index < -0.39 is 6.23 Å². The maximum Gasteiger partial charge on any atom is 0.230 e. The molecule has 30 heavy (non-hydrogen) atoms. The summed E-state index contributed by atoms with van der Waals surface area (Å²) in [6.45, 7) is 7.16. The van der Waals surface area contributed by atoms with E-state index in [-0.39, 0.29) is 17.8 Å². The molecule has 1 aliphatic heterocycles. The summed E-state index contributed by atoms with van der Waals surface area (Å²) in [6.07, 6.45) is 6.76. The molecule has 1 aliphatic carbocycles. The van der Waals surface area contributed by atoms with Crippen molar-refractivity contribution >= 4 is 47.6 Å². The molecule has 2 rings (SSSR count). The highest BCUT2D eigenvalue weighted by Gasteiger charge is 2.24. The summed E-state index contributed by atoms with van der Waals surface area (Å²) >= 11 is 13.5. The molecule has 0 aromatic rings. The van der Waals surface area contributed by atoms with Gasteiger partial charge in [-0.25, -0.2) is 0 Å². The monoisotopic (exact) mass is 476 g/mol. The molecule has 168 valence electrons. The lowest BCUT2D eigenvalue weighted by atomic mass is 9.99. The van der Waals surface area contributed by atoms with Gasteiger partial charge in [-0.05, 0) is 25.1 Å². The molecule has 0 aromatic heterocycles. The van der Waals surface area contributed by atoms with Crippen LogP contribution in [0.1, 0.15) is 12.8 Å². The van der Waals surface area contributed by atoms with Crippen LogP contribution in [0.5, 0.6) is 0 Å². The Kier molecular flexibility index (Phi) is 11.4. The molecule has 3 atom stereocenters. The van der Waals surface area contributed by atoms with Gasteiger partial charge in [-0.1, -0.05) is 47.1 Å². The fraction of sp³-hybridized carbons (Fsp3) is 0.600. The van der Waals surface area contributed by atoms with Crippen LogP contribution in [0.3, 0.4) is 0 Å². The van der Waals surface area contributed by atoms with E-state index in [2.05, 4.69) is 21.9 Å². The third-order valence-electron chi connectivity index (χ3n) is 4.79. The number of allylic oxidation sites excluding steroid dienone is 3. The number of nitrogens with two attached hydrogens (primary N) is 1. The first-order valence-electron chi connectivity index (χ1n) is 9.83. The SMILES string of the molecule is C=N/C(=C\CC(N)OC)SCC(=O)NC[C@H]1CN(CC2C=C(Cl)C(Cl)=CC2)CCO1. The number of hydrogen-bond acceptors (Lipinski definition) is 7. The largest absolute Gasteiger partial charge is 0.374 e. The number of nitrogens with one attached hydrogen (secondary N) is 1. The second kappa shape index (κ2) is 13.5. The van der Waals surface area contributed by atoms with Gasteiger partial charge in [-0.15, -0.1) is 0 Å². The molecule has 0 aromatic carbocycles. The van der Waals surface area contributed by atoms with Gasteiger partial charge in [0.15, 0.2) is 0 Å². The zero-order chi connectivity index (χ0) is 21.9. The van der Waals surface area contributed by atoms with Gasteiger partial charge in [0, 0.05) is 39.7 Å². The van der Waals surface area contributed by atoms with Gasteiger partial charge in [0.05, 0.1) is 33.6 Å². The smallest absolute Gasteiger partial charge is 0.230 e. The minimum absolute atomic E-state index is 0.0397. The number of methoxy groups -OCH3 is 1. The van der Waals surface area contributed by atoms with Crippen molar-refractivity contribution in [2.24, 2.45) is 16.6 Å². The average molecular weight is 477 g/mol. The second-order valence-electron chi connectivity index (χ2n) is 7.12. The standard InChI is InChI=1S/C20H30Cl2N4O3S/c1-24-20(6-5-18(23)28-2)30-13-19(27)25-10-15-12-26(7-8-29-15)11-14-3-4-16(21)17(22)9-14/h4,6,9,14-15,18H,1,3,5,7-8,10-13,23H2,2H3,(H,25,27)/b20-6+/t14?,15-,18?/m0/s1. The van der Waals surface area contributed by atoms with Crippen molar-refractivity contribution in [3.05, 3.63) is 33.3 Å². The van der Waals surface area contributed by atoms with Crippen molar-refractivity contribution in [1.29, 1.82) is 0 Å². The number of carbonyl (C=O) groups is 1. The van der Waals surface area contributed by atoms with Crippen molar-refractivity contribution in [2.45, 2.75) is 25.2 Å². The summed E-state index contributed by atoms with van der Waals surface area (Å²) in [6, 6.07) is 0. The Balaban J connectivity index is 1.70. The quantitative estimate of drug-likeness (QED) is 0.352. The maximum atomic E-state index is 12.2. The van der Waals surface area contributed by atoms with Crippen LogP contribution >= 0.6 is 35.0 Å². The Hall–Kier alpha value is -0.870. The number of thioether (sulfide) groups is 1. The highest BCUT2D eigenvalue weighted by Crippen LogP contribution is 2.29. The third kappa shape index (κ3) is 9.09. The zero-order valence-electron chi connectivity index (χ0n) is 17.2. The van der Waals surface area contributed by atoms with Gasteiger partial charge in [0.1, 0.15) is 6.23 Å². The number of carbonyl (C=O) groups excluding carboxylic acids is 1. The summed E-state index contributed by atoms with van der Waals surface area (Å²) in [5.41, 5.74) is 5.69. The van der Waals surface area contributed by atoms with Gasteiger partial charge in [0.2, 0.25) is 5.91 Å². The lowest BCUT2D eigenvalue weighted by molar-refractivity contribution is -0.119. The third-order valence-corrected chi connectivity index (χ3v) is 6.57. The van der Waals surface area contributed by atoms with Crippen LogP contribution in [-0.4, -0.2) is 75.5 Å². The number of nitrogens with zero attached hydrogens (tertiary/aromatic N) is 2.